The van der Waals surface area contributed by atoms with Crippen molar-refractivity contribution >= 4 is 8.32 Å². The summed E-state index contributed by atoms with van der Waals surface area (Å²) >= 11 is 0. The van der Waals surface area contributed by atoms with Gasteiger partial charge in [-0.1, -0.05) is 51.5 Å². The van der Waals surface area contributed by atoms with E-state index in [1.165, 1.54) is 6.42 Å². The van der Waals surface area contributed by atoms with Crippen LogP contribution in [0.25, 0.3) is 0 Å². The monoisotopic (exact) mass is 252 g/mol. The van der Waals surface area contributed by atoms with Crippen LogP contribution >= 0.6 is 0 Å². The molecule has 0 heterocycles. The molecule has 0 aromatic carbocycles. The highest BCUT2D eigenvalue weighted by atomic mass is 28.4. The lowest BCUT2D eigenvalue weighted by atomic mass is 9.94. The van der Waals surface area contributed by atoms with E-state index in [-0.39, 0.29) is 0 Å². The molecule has 0 saturated carbocycles. The second-order valence-corrected chi connectivity index (χ2v) is 11.6. The third-order valence-corrected chi connectivity index (χ3v) is 8.59. The molecule has 1 unspecified atom stereocenters. The van der Waals surface area contributed by atoms with Gasteiger partial charge < -0.3 is 4.43 Å². The van der Waals surface area contributed by atoms with Gasteiger partial charge in [-0.2, -0.15) is 0 Å². The standard InChI is InChI=1S/C15H28OSi/c1-13-8-7-9-14(12-13)10-11-16-17(5,6)15(2,3)4/h7-9,13H,10-12H2,1-6H3. The van der Waals surface area contributed by atoms with Gasteiger partial charge in [-0.25, -0.2) is 0 Å². The summed E-state index contributed by atoms with van der Waals surface area (Å²) in [6, 6.07) is 0. The van der Waals surface area contributed by atoms with Crippen molar-refractivity contribution in [1.29, 1.82) is 0 Å². The summed E-state index contributed by atoms with van der Waals surface area (Å²) in [4.78, 5) is 0. The number of rotatable bonds is 4. The minimum atomic E-state index is -1.55. The van der Waals surface area contributed by atoms with Gasteiger partial charge in [-0.05, 0) is 36.9 Å². The molecule has 0 aliphatic heterocycles. The summed E-state index contributed by atoms with van der Waals surface area (Å²) in [7, 11) is -1.55. The third-order valence-electron chi connectivity index (χ3n) is 4.05. The minimum absolute atomic E-state index is 0.321. The van der Waals surface area contributed by atoms with Gasteiger partial charge in [-0.3, -0.25) is 0 Å². The van der Waals surface area contributed by atoms with Gasteiger partial charge in [0.25, 0.3) is 0 Å². The van der Waals surface area contributed by atoms with Gasteiger partial charge >= 0.3 is 0 Å². The highest BCUT2D eigenvalue weighted by Crippen LogP contribution is 2.36. The fourth-order valence-corrected chi connectivity index (χ4v) is 2.82. The van der Waals surface area contributed by atoms with Crippen molar-refractivity contribution in [2.75, 3.05) is 6.61 Å². The molecule has 1 nitrogen and oxygen atoms in total. The SMILES string of the molecule is CC1C=CC=C(CCO[Si](C)(C)C(C)(C)C)C1. The van der Waals surface area contributed by atoms with Crippen LogP contribution in [0.3, 0.4) is 0 Å². The predicted molar refractivity (Wildman–Crippen MR) is 78.8 cm³/mol. The Hall–Kier alpha value is -0.343. The zero-order valence-electron chi connectivity index (χ0n) is 12.3. The van der Waals surface area contributed by atoms with Crippen LogP contribution in [-0.2, 0) is 4.43 Å². The fraction of sp³-hybridized carbons (Fsp3) is 0.733. The van der Waals surface area contributed by atoms with E-state index in [1.54, 1.807) is 5.57 Å². The number of allylic oxidation sites excluding steroid dienone is 3. The first kappa shape index (κ1) is 14.7. The second kappa shape index (κ2) is 5.53. The average molecular weight is 252 g/mol. The molecule has 0 spiro atoms. The van der Waals surface area contributed by atoms with Gasteiger partial charge in [0.15, 0.2) is 8.32 Å². The topological polar surface area (TPSA) is 9.23 Å². The Morgan fingerprint density at radius 3 is 2.53 bits per heavy atom. The summed E-state index contributed by atoms with van der Waals surface area (Å²) < 4.78 is 6.21. The smallest absolute Gasteiger partial charge is 0.191 e. The van der Waals surface area contributed by atoms with Crippen LogP contribution < -0.4 is 0 Å². The fourth-order valence-electron chi connectivity index (χ4n) is 1.77. The van der Waals surface area contributed by atoms with E-state index in [2.05, 4.69) is 59.0 Å². The van der Waals surface area contributed by atoms with Crippen LogP contribution in [0.2, 0.25) is 18.1 Å². The summed E-state index contributed by atoms with van der Waals surface area (Å²) in [5, 5.41) is 0.321. The molecule has 0 fully saturated rings. The van der Waals surface area contributed by atoms with Crippen molar-refractivity contribution in [1.82, 2.24) is 0 Å². The normalized spacial score (nSPS) is 21.5. The van der Waals surface area contributed by atoms with Crippen molar-refractivity contribution < 1.29 is 4.43 Å². The van der Waals surface area contributed by atoms with Crippen LogP contribution in [0.5, 0.6) is 0 Å². The van der Waals surface area contributed by atoms with Gasteiger partial charge in [0, 0.05) is 6.61 Å². The molecule has 1 rings (SSSR count). The molecule has 2 heteroatoms. The molecule has 1 aliphatic rings. The maximum Gasteiger partial charge on any atom is 0.191 e. The van der Waals surface area contributed by atoms with Gasteiger partial charge in [0.1, 0.15) is 0 Å². The van der Waals surface area contributed by atoms with E-state index >= 15 is 0 Å². The third kappa shape index (κ3) is 4.44. The van der Waals surface area contributed by atoms with Crippen molar-refractivity contribution in [2.24, 2.45) is 5.92 Å². The Balaban J connectivity index is 2.38. The highest BCUT2D eigenvalue weighted by Gasteiger charge is 2.36. The molecule has 0 amide bonds. The highest BCUT2D eigenvalue weighted by molar-refractivity contribution is 6.74. The second-order valence-electron chi connectivity index (χ2n) is 6.75. The Morgan fingerprint density at radius 1 is 1.35 bits per heavy atom. The lowest BCUT2D eigenvalue weighted by Gasteiger charge is -2.36. The van der Waals surface area contributed by atoms with E-state index in [0.717, 1.165) is 13.0 Å². The molecule has 0 aromatic heterocycles. The first-order chi connectivity index (χ1) is 7.72. The Labute approximate surface area is 108 Å². The summed E-state index contributed by atoms with van der Waals surface area (Å²) in [5.41, 5.74) is 1.54. The summed E-state index contributed by atoms with van der Waals surface area (Å²) in [5.74, 6) is 0.697. The Bertz CT molecular complexity index is 307. The van der Waals surface area contributed by atoms with Crippen molar-refractivity contribution in [3.05, 3.63) is 23.8 Å². The molecule has 1 atom stereocenters. The van der Waals surface area contributed by atoms with Crippen LogP contribution in [0.4, 0.5) is 0 Å². The van der Waals surface area contributed by atoms with Crippen LogP contribution in [0.1, 0.15) is 40.5 Å². The summed E-state index contributed by atoms with van der Waals surface area (Å²) in [6.45, 7) is 14.7. The molecular weight excluding hydrogens is 224 g/mol. The average Bonchev–Trinajstić information content (AvgIpc) is 2.15. The first-order valence-electron chi connectivity index (χ1n) is 6.72. The van der Waals surface area contributed by atoms with E-state index in [4.69, 9.17) is 4.43 Å². The quantitative estimate of drug-likeness (QED) is 0.645. The maximum atomic E-state index is 6.21. The molecular formula is C15H28OSi. The predicted octanol–water partition coefficient (Wildman–Crippen LogP) is 4.92. The van der Waals surface area contributed by atoms with Crippen molar-refractivity contribution in [2.45, 2.75) is 58.7 Å². The van der Waals surface area contributed by atoms with E-state index < -0.39 is 8.32 Å². The minimum Gasteiger partial charge on any atom is -0.417 e. The molecule has 98 valence electrons. The van der Waals surface area contributed by atoms with Gasteiger partial charge in [-0.15, -0.1) is 0 Å². The lowest BCUT2D eigenvalue weighted by molar-refractivity contribution is 0.289. The molecule has 1 aliphatic carbocycles. The Morgan fingerprint density at radius 2 is 2.00 bits per heavy atom. The van der Waals surface area contributed by atoms with E-state index in [0.29, 0.717) is 11.0 Å². The van der Waals surface area contributed by atoms with E-state index in [9.17, 15) is 0 Å². The van der Waals surface area contributed by atoms with E-state index in [1.807, 2.05) is 0 Å². The van der Waals surface area contributed by atoms with Crippen molar-refractivity contribution in [3.63, 3.8) is 0 Å². The first-order valence-corrected chi connectivity index (χ1v) is 9.63. The zero-order chi connectivity index (χ0) is 13.1. The largest absolute Gasteiger partial charge is 0.417 e. The zero-order valence-corrected chi connectivity index (χ0v) is 13.3. The van der Waals surface area contributed by atoms with Crippen LogP contribution in [0, 0.1) is 5.92 Å². The molecule has 0 aromatic rings. The lowest BCUT2D eigenvalue weighted by Crippen LogP contribution is -2.41. The van der Waals surface area contributed by atoms with Crippen LogP contribution in [-0.4, -0.2) is 14.9 Å². The number of hydrogen-bond acceptors (Lipinski definition) is 1. The summed E-state index contributed by atoms with van der Waals surface area (Å²) in [6.07, 6.45) is 9.03. The Kier molecular flexibility index (Phi) is 4.79. The van der Waals surface area contributed by atoms with Gasteiger partial charge in [0.2, 0.25) is 0 Å². The molecule has 0 radical (unpaired) electrons. The maximum absolute atomic E-state index is 6.21. The van der Waals surface area contributed by atoms with Gasteiger partial charge in [0.05, 0.1) is 0 Å². The molecule has 0 saturated heterocycles. The van der Waals surface area contributed by atoms with Crippen LogP contribution in [0.15, 0.2) is 23.8 Å². The molecule has 17 heavy (non-hydrogen) atoms. The molecule has 0 bridgehead atoms. The number of hydrogen-bond donors (Lipinski definition) is 0. The van der Waals surface area contributed by atoms with Crippen molar-refractivity contribution in [3.8, 4) is 0 Å². The molecule has 0 N–H and O–H groups in total.